The van der Waals surface area contributed by atoms with E-state index in [4.69, 9.17) is 9.84 Å². The van der Waals surface area contributed by atoms with Crippen LogP contribution in [0.25, 0.3) is 11.1 Å². The van der Waals surface area contributed by atoms with E-state index in [0.29, 0.717) is 19.3 Å². The van der Waals surface area contributed by atoms with Gasteiger partial charge >= 0.3 is 18.2 Å². The minimum absolute atomic E-state index is 0.168. The van der Waals surface area contributed by atoms with Crippen LogP contribution < -0.4 is 10.6 Å². The van der Waals surface area contributed by atoms with Crippen LogP contribution in [0, 0.1) is 0 Å². The maximum atomic E-state index is 13.6. The number of nitrogens with one attached hydrogen (secondary N) is 2. The Morgan fingerprint density at radius 1 is 1.03 bits per heavy atom. The molecular formula is C25H25F3N2O5. The molecule has 0 spiro atoms. The first-order valence-electron chi connectivity index (χ1n) is 11.3. The molecule has 0 saturated heterocycles. The average molecular weight is 490 g/mol. The monoisotopic (exact) mass is 490 g/mol. The Kier molecular flexibility index (Phi) is 6.73. The standard InChI is InChI=1S/C25H25F3N2O5/c26-25(27,28)20(12-21(31)30-24(10-5-11-24)13-22(32)33)29-23(34)35-14-19-17-8-3-1-6-15(17)16-7-2-4-9-18(16)19/h1-4,6-9,19-20H,5,10-14H2,(H,29,34)(H,30,31)(H,32,33). The molecular weight excluding hydrogens is 465 g/mol. The average Bonchev–Trinajstić information content (AvgIpc) is 3.08. The number of fused-ring (bicyclic) bond motifs is 3. The largest absolute Gasteiger partial charge is 0.481 e. The number of halogens is 3. The number of rotatable bonds is 8. The second-order valence-corrected chi connectivity index (χ2v) is 9.02. The Bertz CT molecular complexity index is 1080. The molecule has 0 aromatic heterocycles. The van der Waals surface area contributed by atoms with Gasteiger partial charge in [0, 0.05) is 5.92 Å². The summed E-state index contributed by atoms with van der Waals surface area (Å²) in [6.45, 7) is -0.168. The Balaban J connectivity index is 1.38. The highest BCUT2D eigenvalue weighted by Gasteiger charge is 2.45. The number of carbonyl (C=O) groups is 3. The normalized spacial score (nSPS) is 16.9. The van der Waals surface area contributed by atoms with Gasteiger partial charge in [-0.2, -0.15) is 13.2 Å². The fourth-order valence-corrected chi connectivity index (χ4v) is 4.80. The van der Waals surface area contributed by atoms with Gasteiger partial charge in [-0.1, -0.05) is 48.5 Å². The fourth-order valence-electron chi connectivity index (χ4n) is 4.80. The Morgan fingerprint density at radius 2 is 1.60 bits per heavy atom. The predicted octanol–water partition coefficient (Wildman–Crippen LogP) is 4.36. The van der Waals surface area contributed by atoms with Crippen molar-refractivity contribution in [3.8, 4) is 11.1 Å². The molecule has 1 atom stereocenters. The molecule has 2 amide bonds. The Labute approximate surface area is 199 Å². The number of alkyl halides is 3. The second kappa shape index (κ2) is 9.59. The highest BCUT2D eigenvalue weighted by molar-refractivity contribution is 5.81. The SMILES string of the molecule is O=C(O)CC1(NC(=O)CC(NC(=O)OCC2c3ccccc3-c3ccccc32)C(F)(F)F)CCC1. The molecule has 0 radical (unpaired) electrons. The minimum Gasteiger partial charge on any atom is -0.481 e. The van der Waals surface area contributed by atoms with E-state index >= 15 is 0 Å². The molecule has 2 aromatic rings. The smallest absolute Gasteiger partial charge is 0.409 e. The molecule has 0 heterocycles. The van der Waals surface area contributed by atoms with Crippen molar-refractivity contribution in [2.45, 2.75) is 55.8 Å². The first kappa shape index (κ1) is 24.6. The second-order valence-electron chi connectivity index (χ2n) is 9.02. The molecule has 0 aliphatic heterocycles. The summed E-state index contributed by atoms with van der Waals surface area (Å²) in [5.41, 5.74) is 2.75. The van der Waals surface area contributed by atoms with Crippen molar-refractivity contribution in [3.63, 3.8) is 0 Å². The summed E-state index contributed by atoms with van der Waals surface area (Å²) >= 11 is 0. The summed E-state index contributed by atoms with van der Waals surface area (Å²) in [5, 5.41) is 13.2. The van der Waals surface area contributed by atoms with Gasteiger partial charge in [0.25, 0.3) is 0 Å². The van der Waals surface area contributed by atoms with Crippen LogP contribution in [0.3, 0.4) is 0 Å². The molecule has 1 fully saturated rings. The van der Waals surface area contributed by atoms with Crippen molar-refractivity contribution in [1.29, 1.82) is 0 Å². The van der Waals surface area contributed by atoms with E-state index in [2.05, 4.69) is 5.32 Å². The molecule has 1 saturated carbocycles. The van der Waals surface area contributed by atoms with Crippen molar-refractivity contribution in [1.82, 2.24) is 10.6 Å². The number of carbonyl (C=O) groups excluding carboxylic acids is 2. The lowest BCUT2D eigenvalue weighted by atomic mass is 9.74. The molecule has 7 nitrogen and oxygen atoms in total. The van der Waals surface area contributed by atoms with Gasteiger partial charge < -0.3 is 20.5 Å². The Morgan fingerprint density at radius 3 is 2.09 bits per heavy atom. The van der Waals surface area contributed by atoms with Crippen LogP contribution in [0.15, 0.2) is 48.5 Å². The van der Waals surface area contributed by atoms with Crippen molar-refractivity contribution in [2.75, 3.05) is 6.61 Å². The zero-order valence-corrected chi connectivity index (χ0v) is 18.7. The van der Waals surface area contributed by atoms with Crippen molar-refractivity contribution < 1.29 is 37.4 Å². The van der Waals surface area contributed by atoms with Gasteiger partial charge in [-0.25, -0.2) is 4.79 Å². The first-order valence-corrected chi connectivity index (χ1v) is 11.3. The molecule has 35 heavy (non-hydrogen) atoms. The van der Waals surface area contributed by atoms with Gasteiger partial charge in [0.15, 0.2) is 0 Å². The lowest BCUT2D eigenvalue weighted by Gasteiger charge is -2.41. The third-order valence-corrected chi connectivity index (χ3v) is 6.63. The number of ether oxygens (including phenoxy) is 1. The summed E-state index contributed by atoms with van der Waals surface area (Å²) in [6.07, 6.45) is -6.20. The molecule has 3 N–H and O–H groups in total. The van der Waals surface area contributed by atoms with Gasteiger partial charge in [0.1, 0.15) is 12.6 Å². The van der Waals surface area contributed by atoms with Crippen LogP contribution in [0.1, 0.15) is 49.1 Å². The molecule has 2 aromatic carbocycles. The third kappa shape index (κ3) is 5.41. The van der Waals surface area contributed by atoms with E-state index < -0.39 is 42.1 Å². The van der Waals surface area contributed by atoms with Crippen LogP contribution in [-0.2, 0) is 14.3 Å². The molecule has 2 aliphatic carbocycles. The molecule has 10 heteroatoms. The Hall–Kier alpha value is -3.56. The third-order valence-electron chi connectivity index (χ3n) is 6.63. The number of alkyl carbamates (subject to hydrolysis) is 1. The van der Waals surface area contributed by atoms with Gasteiger partial charge in [-0.15, -0.1) is 0 Å². The quantitative estimate of drug-likeness (QED) is 0.510. The molecule has 1 unspecified atom stereocenters. The maximum Gasteiger partial charge on any atom is 0.409 e. The van der Waals surface area contributed by atoms with Gasteiger partial charge in [0.2, 0.25) is 5.91 Å². The zero-order chi connectivity index (χ0) is 25.2. The fraction of sp³-hybridized carbons (Fsp3) is 0.400. The molecule has 4 rings (SSSR count). The van der Waals surface area contributed by atoms with Crippen molar-refractivity contribution >= 4 is 18.0 Å². The summed E-state index contributed by atoms with van der Waals surface area (Å²) in [6, 6.07) is 12.6. The maximum absolute atomic E-state index is 13.6. The van der Waals surface area contributed by atoms with E-state index in [-0.39, 0.29) is 18.9 Å². The van der Waals surface area contributed by atoms with E-state index in [1.54, 1.807) is 5.32 Å². The van der Waals surface area contributed by atoms with Crippen LogP contribution in [-0.4, -0.2) is 47.4 Å². The predicted molar refractivity (Wildman–Crippen MR) is 120 cm³/mol. The highest BCUT2D eigenvalue weighted by atomic mass is 19.4. The number of hydrogen-bond donors (Lipinski definition) is 3. The number of carboxylic acids is 1. The van der Waals surface area contributed by atoms with E-state index in [1.807, 2.05) is 48.5 Å². The zero-order valence-electron chi connectivity index (χ0n) is 18.7. The summed E-state index contributed by atoms with van der Waals surface area (Å²) in [4.78, 5) is 35.7. The number of amides is 2. The number of aliphatic carboxylic acids is 1. The van der Waals surface area contributed by atoms with E-state index in [0.717, 1.165) is 22.3 Å². The van der Waals surface area contributed by atoms with Crippen molar-refractivity contribution in [3.05, 3.63) is 59.7 Å². The summed E-state index contributed by atoms with van der Waals surface area (Å²) in [5.74, 6) is -2.45. The van der Waals surface area contributed by atoms with Crippen LogP contribution >= 0.6 is 0 Å². The number of carboxylic acid groups (broad SMARTS) is 1. The van der Waals surface area contributed by atoms with Crippen molar-refractivity contribution in [2.24, 2.45) is 0 Å². The van der Waals surface area contributed by atoms with E-state index in [1.165, 1.54) is 0 Å². The number of hydrogen-bond acceptors (Lipinski definition) is 4. The van der Waals surface area contributed by atoms with E-state index in [9.17, 15) is 27.6 Å². The lowest BCUT2D eigenvalue weighted by molar-refractivity contribution is -0.161. The minimum atomic E-state index is -4.90. The van der Waals surface area contributed by atoms with Gasteiger partial charge in [-0.05, 0) is 41.5 Å². The van der Waals surface area contributed by atoms with Gasteiger partial charge in [0.05, 0.1) is 18.4 Å². The lowest BCUT2D eigenvalue weighted by Crippen LogP contribution is -2.57. The highest BCUT2D eigenvalue weighted by Crippen LogP contribution is 2.44. The van der Waals surface area contributed by atoms with Crippen LogP contribution in [0.4, 0.5) is 18.0 Å². The number of benzene rings is 2. The summed E-state index contributed by atoms with van der Waals surface area (Å²) < 4.78 is 45.9. The molecule has 0 bridgehead atoms. The van der Waals surface area contributed by atoms with Crippen LogP contribution in [0.2, 0.25) is 0 Å². The summed E-state index contributed by atoms with van der Waals surface area (Å²) in [7, 11) is 0. The topological polar surface area (TPSA) is 105 Å². The molecule has 186 valence electrons. The first-order chi connectivity index (χ1) is 16.6. The van der Waals surface area contributed by atoms with Crippen LogP contribution in [0.5, 0.6) is 0 Å². The molecule has 2 aliphatic rings. The van der Waals surface area contributed by atoms with Gasteiger partial charge in [-0.3, -0.25) is 9.59 Å².